The Morgan fingerprint density at radius 1 is 1.27 bits per heavy atom. The van der Waals surface area contributed by atoms with E-state index in [1.54, 1.807) is 0 Å². The topological polar surface area (TPSA) is 32.3 Å². The Kier molecular flexibility index (Phi) is 5.69. The lowest BCUT2D eigenvalue weighted by atomic mass is 10.0. The maximum absolute atomic E-state index is 11.9. The van der Waals surface area contributed by atoms with E-state index in [2.05, 4.69) is 24.1 Å². The van der Waals surface area contributed by atoms with Gasteiger partial charge < -0.3 is 10.2 Å². The normalized spacial score (nSPS) is 17.7. The van der Waals surface area contributed by atoms with Crippen molar-refractivity contribution in [3.63, 3.8) is 0 Å². The van der Waals surface area contributed by atoms with Gasteiger partial charge in [0.1, 0.15) is 0 Å². The number of hydrogen-bond acceptors (Lipinski definition) is 2. The van der Waals surface area contributed by atoms with Crippen LogP contribution in [0.4, 0.5) is 0 Å². The van der Waals surface area contributed by atoms with Gasteiger partial charge in [-0.15, -0.1) is 0 Å². The highest BCUT2D eigenvalue weighted by Gasteiger charge is 2.23. The molecule has 1 N–H and O–H groups in total. The SMILES string of the molecule is CCCC(=O)N(CCC)C1CCNCC1. The monoisotopic (exact) mass is 212 g/mol. The number of hydrogen-bond donors (Lipinski definition) is 1. The van der Waals surface area contributed by atoms with E-state index in [4.69, 9.17) is 0 Å². The number of rotatable bonds is 5. The predicted octanol–water partition coefficient (Wildman–Crippen LogP) is 1.78. The van der Waals surface area contributed by atoms with Gasteiger partial charge in [-0.2, -0.15) is 0 Å². The van der Waals surface area contributed by atoms with Gasteiger partial charge in [0.25, 0.3) is 0 Å². The van der Waals surface area contributed by atoms with E-state index in [1.807, 2.05) is 0 Å². The molecule has 0 aromatic rings. The summed E-state index contributed by atoms with van der Waals surface area (Å²) in [5.41, 5.74) is 0. The molecule has 0 aliphatic carbocycles. The van der Waals surface area contributed by atoms with Crippen LogP contribution in [-0.4, -0.2) is 36.5 Å². The lowest BCUT2D eigenvalue weighted by Crippen LogP contribution is -2.46. The highest BCUT2D eigenvalue weighted by molar-refractivity contribution is 5.76. The summed E-state index contributed by atoms with van der Waals surface area (Å²) in [7, 11) is 0. The fraction of sp³-hybridized carbons (Fsp3) is 0.917. The molecule has 88 valence electrons. The van der Waals surface area contributed by atoms with Crippen LogP contribution >= 0.6 is 0 Å². The molecule has 1 fully saturated rings. The molecule has 1 aliphatic heterocycles. The van der Waals surface area contributed by atoms with Crippen LogP contribution in [0, 0.1) is 0 Å². The first-order valence-corrected chi connectivity index (χ1v) is 6.29. The Bertz CT molecular complexity index is 188. The van der Waals surface area contributed by atoms with Gasteiger partial charge in [-0.1, -0.05) is 13.8 Å². The van der Waals surface area contributed by atoms with Crippen LogP contribution in [0.3, 0.4) is 0 Å². The minimum atomic E-state index is 0.353. The summed E-state index contributed by atoms with van der Waals surface area (Å²) >= 11 is 0. The number of carbonyl (C=O) groups excluding carboxylic acids is 1. The third-order valence-corrected chi connectivity index (χ3v) is 3.00. The van der Waals surface area contributed by atoms with E-state index >= 15 is 0 Å². The molecule has 0 aromatic carbocycles. The largest absolute Gasteiger partial charge is 0.340 e. The van der Waals surface area contributed by atoms with Gasteiger partial charge in [0.15, 0.2) is 0 Å². The van der Waals surface area contributed by atoms with Crippen molar-refractivity contribution < 1.29 is 4.79 Å². The molecule has 0 atom stereocenters. The lowest BCUT2D eigenvalue weighted by Gasteiger charge is -2.34. The first-order chi connectivity index (χ1) is 7.29. The number of carbonyl (C=O) groups is 1. The molecule has 0 saturated carbocycles. The molecule has 3 heteroatoms. The number of amides is 1. The fourth-order valence-electron chi connectivity index (χ4n) is 2.23. The van der Waals surface area contributed by atoms with Crippen molar-refractivity contribution in [2.75, 3.05) is 19.6 Å². The molecular weight excluding hydrogens is 188 g/mol. The van der Waals surface area contributed by atoms with Gasteiger partial charge in [0.2, 0.25) is 5.91 Å². The average Bonchev–Trinajstić information content (AvgIpc) is 2.27. The van der Waals surface area contributed by atoms with Crippen LogP contribution in [-0.2, 0) is 4.79 Å². The number of nitrogens with zero attached hydrogens (tertiary/aromatic N) is 1. The molecule has 1 heterocycles. The first-order valence-electron chi connectivity index (χ1n) is 6.29. The van der Waals surface area contributed by atoms with Crippen molar-refractivity contribution in [1.82, 2.24) is 10.2 Å². The second kappa shape index (κ2) is 6.83. The van der Waals surface area contributed by atoms with Crippen molar-refractivity contribution >= 4 is 5.91 Å². The van der Waals surface area contributed by atoms with Crippen molar-refractivity contribution in [1.29, 1.82) is 0 Å². The highest BCUT2D eigenvalue weighted by Crippen LogP contribution is 2.14. The minimum absolute atomic E-state index is 0.353. The van der Waals surface area contributed by atoms with E-state index in [9.17, 15) is 4.79 Å². The van der Waals surface area contributed by atoms with Gasteiger partial charge in [-0.25, -0.2) is 0 Å². The van der Waals surface area contributed by atoms with Crippen molar-refractivity contribution in [2.24, 2.45) is 0 Å². The van der Waals surface area contributed by atoms with Crippen LogP contribution in [0.25, 0.3) is 0 Å². The van der Waals surface area contributed by atoms with Gasteiger partial charge in [0, 0.05) is 19.0 Å². The Balaban J connectivity index is 2.50. The summed E-state index contributed by atoms with van der Waals surface area (Å²) in [6, 6.07) is 0.491. The van der Waals surface area contributed by atoms with E-state index < -0.39 is 0 Å². The molecule has 1 amide bonds. The quantitative estimate of drug-likeness (QED) is 0.753. The van der Waals surface area contributed by atoms with Crippen LogP contribution in [0.2, 0.25) is 0 Å². The Morgan fingerprint density at radius 2 is 1.93 bits per heavy atom. The molecular formula is C12H24N2O. The van der Waals surface area contributed by atoms with Crippen molar-refractivity contribution in [2.45, 2.75) is 52.0 Å². The molecule has 1 rings (SSSR count). The molecule has 0 bridgehead atoms. The first kappa shape index (κ1) is 12.5. The Hall–Kier alpha value is -0.570. The molecule has 0 spiro atoms. The predicted molar refractivity (Wildman–Crippen MR) is 62.8 cm³/mol. The molecule has 0 radical (unpaired) electrons. The summed E-state index contributed by atoms with van der Waals surface area (Å²) in [6.07, 6.45) is 4.98. The molecule has 1 aliphatic rings. The standard InChI is InChI=1S/C12H24N2O/c1-3-5-12(15)14(10-4-2)11-6-8-13-9-7-11/h11,13H,3-10H2,1-2H3. The number of piperidine rings is 1. The smallest absolute Gasteiger partial charge is 0.222 e. The molecule has 0 unspecified atom stereocenters. The van der Waals surface area contributed by atoms with Gasteiger partial charge >= 0.3 is 0 Å². The molecule has 0 aromatic heterocycles. The Labute approximate surface area is 93.2 Å². The minimum Gasteiger partial charge on any atom is -0.340 e. The van der Waals surface area contributed by atoms with Gasteiger partial charge in [0.05, 0.1) is 0 Å². The number of nitrogens with one attached hydrogen (secondary N) is 1. The van der Waals surface area contributed by atoms with E-state index in [-0.39, 0.29) is 0 Å². The second-order valence-electron chi connectivity index (χ2n) is 4.32. The molecule has 1 saturated heterocycles. The molecule has 15 heavy (non-hydrogen) atoms. The summed E-state index contributed by atoms with van der Waals surface area (Å²) in [6.45, 7) is 7.27. The van der Waals surface area contributed by atoms with E-state index in [0.717, 1.165) is 45.3 Å². The summed E-state index contributed by atoms with van der Waals surface area (Å²) < 4.78 is 0. The van der Waals surface area contributed by atoms with Crippen molar-refractivity contribution in [3.05, 3.63) is 0 Å². The van der Waals surface area contributed by atoms with Crippen LogP contribution in [0.1, 0.15) is 46.0 Å². The highest BCUT2D eigenvalue weighted by atomic mass is 16.2. The maximum Gasteiger partial charge on any atom is 0.222 e. The van der Waals surface area contributed by atoms with E-state index in [1.165, 1.54) is 0 Å². The fourth-order valence-corrected chi connectivity index (χ4v) is 2.23. The van der Waals surface area contributed by atoms with Crippen molar-refractivity contribution in [3.8, 4) is 0 Å². The van der Waals surface area contributed by atoms with E-state index in [0.29, 0.717) is 18.4 Å². The third kappa shape index (κ3) is 3.82. The molecule has 3 nitrogen and oxygen atoms in total. The summed E-state index contributed by atoms with van der Waals surface area (Å²) in [4.78, 5) is 14.1. The third-order valence-electron chi connectivity index (χ3n) is 3.00. The zero-order chi connectivity index (χ0) is 11.1. The van der Waals surface area contributed by atoms with Crippen LogP contribution < -0.4 is 5.32 Å². The zero-order valence-corrected chi connectivity index (χ0v) is 10.1. The average molecular weight is 212 g/mol. The van der Waals surface area contributed by atoms with Gasteiger partial charge in [-0.3, -0.25) is 4.79 Å². The maximum atomic E-state index is 11.9. The summed E-state index contributed by atoms with van der Waals surface area (Å²) in [5, 5.41) is 3.34. The van der Waals surface area contributed by atoms with Gasteiger partial charge in [-0.05, 0) is 38.8 Å². The summed E-state index contributed by atoms with van der Waals surface area (Å²) in [5.74, 6) is 0.353. The lowest BCUT2D eigenvalue weighted by molar-refractivity contribution is -0.134. The Morgan fingerprint density at radius 3 is 2.47 bits per heavy atom. The zero-order valence-electron chi connectivity index (χ0n) is 10.1. The van der Waals surface area contributed by atoms with Crippen LogP contribution in [0.5, 0.6) is 0 Å². The van der Waals surface area contributed by atoms with Crippen LogP contribution in [0.15, 0.2) is 0 Å². The second-order valence-corrected chi connectivity index (χ2v) is 4.32.